The summed E-state index contributed by atoms with van der Waals surface area (Å²) in [7, 11) is 3.36. The van der Waals surface area contributed by atoms with Crippen LogP contribution in [0.1, 0.15) is 26.3 Å². The van der Waals surface area contributed by atoms with Gasteiger partial charge in [0.1, 0.15) is 11.5 Å². The van der Waals surface area contributed by atoms with Gasteiger partial charge in [-0.05, 0) is 31.0 Å². The van der Waals surface area contributed by atoms with E-state index in [1.807, 2.05) is 25.1 Å². The van der Waals surface area contributed by atoms with Gasteiger partial charge in [-0.2, -0.15) is 0 Å². The maximum atomic E-state index is 5.53. The third-order valence-electron chi connectivity index (χ3n) is 3.35. The van der Waals surface area contributed by atoms with E-state index in [0.29, 0.717) is 12.0 Å². The van der Waals surface area contributed by atoms with Gasteiger partial charge in [-0.1, -0.05) is 13.8 Å². The molecule has 4 heteroatoms. The summed E-state index contributed by atoms with van der Waals surface area (Å²) in [6.07, 6.45) is 0. The van der Waals surface area contributed by atoms with Crippen molar-refractivity contribution in [2.75, 3.05) is 27.4 Å². The minimum atomic E-state index is 0.325. The molecule has 0 radical (unpaired) electrons. The van der Waals surface area contributed by atoms with Crippen LogP contribution in [-0.2, 0) is 11.3 Å². The summed E-state index contributed by atoms with van der Waals surface area (Å²) >= 11 is 0. The van der Waals surface area contributed by atoms with Crippen molar-refractivity contribution in [3.63, 3.8) is 0 Å². The van der Waals surface area contributed by atoms with Crippen LogP contribution >= 0.6 is 0 Å². The molecule has 1 unspecified atom stereocenters. The number of hydrogen-bond donors (Lipinski definition) is 1. The molecule has 0 heterocycles. The fourth-order valence-electron chi connectivity index (χ4n) is 1.99. The maximum absolute atomic E-state index is 5.53. The Hall–Kier alpha value is -1.26. The summed E-state index contributed by atoms with van der Waals surface area (Å²) in [4.78, 5) is 0. The molecule has 0 saturated carbocycles. The molecule has 0 aliphatic rings. The van der Waals surface area contributed by atoms with Crippen molar-refractivity contribution in [1.29, 1.82) is 0 Å². The Morgan fingerprint density at radius 2 is 1.90 bits per heavy atom. The highest BCUT2D eigenvalue weighted by atomic mass is 16.5. The summed E-state index contributed by atoms with van der Waals surface area (Å²) < 4.78 is 16.2. The summed E-state index contributed by atoms with van der Waals surface area (Å²) in [5.41, 5.74) is 1.09. The molecule has 1 N–H and O–H groups in total. The van der Waals surface area contributed by atoms with Crippen molar-refractivity contribution >= 4 is 0 Å². The van der Waals surface area contributed by atoms with Crippen molar-refractivity contribution in [1.82, 2.24) is 5.32 Å². The highest BCUT2D eigenvalue weighted by Gasteiger charge is 2.14. The van der Waals surface area contributed by atoms with E-state index < -0.39 is 0 Å². The van der Waals surface area contributed by atoms with Gasteiger partial charge >= 0.3 is 0 Å². The molecule has 20 heavy (non-hydrogen) atoms. The minimum Gasteiger partial charge on any atom is -0.497 e. The number of rotatable bonds is 9. The smallest absolute Gasteiger partial charge is 0.123 e. The molecule has 1 aromatic carbocycles. The van der Waals surface area contributed by atoms with Crippen LogP contribution in [0.4, 0.5) is 0 Å². The first-order chi connectivity index (χ1) is 9.62. The van der Waals surface area contributed by atoms with Gasteiger partial charge in [0.15, 0.2) is 0 Å². The summed E-state index contributed by atoms with van der Waals surface area (Å²) in [6, 6.07) is 6.17. The third kappa shape index (κ3) is 5.02. The van der Waals surface area contributed by atoms with Crippen LogP contribution in [0.2, 0.25) is 0 Å². The average molecular weight is 281 g/mol. The topological polar surface area (TPSA) is 39.7 Å². The SMILES string of the molecule is CCOCC(NCc1cc(OC)ccc1OC)C(C)C. The van der Waals surface area contributed by atoms with Gasteiger partial charge in [0.05, 0.1) is 20.8 Å². The first-order valence-electron chi connectivity index (χ1n) is 7.14. The van der Waals surface area contributed by atoms with E-state index in [0.717, 1.165) is 36.8 Å². The molecular weight excluding hydrogens is 254 g/mol. The second-order valence-corrected chi connectivity index (χ2v) is 5.07. The van der Waals surface area contributed by atoms with Crippen LogP contribution in [0.15, 0.2) is 18.2 Å². The Bertz CT molecular complexity index is 393. The summed E-state index contributed by atoms with van der Waals surface area (Å²) in [6.45, 7) is 8.60. The maximum Gasteiger partial charge on any atom is 0.123 e. The highest BCUT2D eigenvalue weighted by Crippen LogP contribution is 2.24. The van der Waals surface area contributed by atoms with Crippen molar-refractivity contribution in [3.8, 4) is 11.5 Å². The van der Waals surface area contributed by atoms with E-state index in [1.54, 1.807) is 14.2 Å². The Labute approximate surface area is 122 Å². The molecule has 1 aromatic rings. The molecule has 0 saturated heterocycles. The normalized spacial score (nSPS) is 12.5. The molecule has 0 fully saturated rings. The van der Waals surface area contributed by atoms with Crippen LogP contribution in [0.3, 0.4) is 0 Å². The number of hydrogen-bond acceptors (Lipinski definition) is 4. The van der Waals surface area contributed by atoms with Gasteiger partial charge < -0.3 is 19.5 Å². The molecule has 0 aromatic heterocycles. The van der Waals surface area contributed by atoms with Gasteiger partial charge in [0.2, 0.25) is 0 Å². The van der Waals surface area contributed by atoms with E-state index in [-0.39, 0.29) is 0 Å². The first-order valence-corrected chi connectivity index (χ1v) is 7.14. The van der Waals surface area contributed by atoms with Crippen molar-refractivity contribution in [2.24, 2.45) is 5.92 Å². The number of nitrogens with one attached hydrogen (secondary N) is 1. The fraction of sp³-hybridized carbons (Fsp3) is 0.625. The van der Waals surface area contributed by atoms with Crippen LogP contribution < -0.4 is 14.8 Å². The van der Waals surface area contributed by atoms with Gasteiger partial charge in [-0.3, -0.25) is 0 Å². The van der Waals surface area contributed by atoms with E-state index in [2.05, 4.69) is 19.2 Å². The standard InChI is InChI=1S/C16H27NO3/c1-6-20-11-15(12(2)3)17-10-13-9-14(18-4)7-8-16(13)19-5/h7-9,12,15,17H,6,10-11H2,1-5H3. The largest absolute Gasteiger partial charge is 0.497 e. The highest BCUT2D eigenvalue weighted by molar-refractivity contribution is 5.40. The second-order valence-electron chi connectivity index (χ2n) is 5.07. The fourth-order valence-corrected chi connectivity index (χ4v) is 1.99. The number of methoxy groups -OCH3 is 2. The molecule has 1 atom stereocenters. The third-order valence-corrected chi connectivity index (χ3v) is 3.35. The van der Waals surface area contributed by atoms with Crippen LogP contribution in [0, 0.1) is 5.92 Å². The lowest BCUT2D eigenvalue weighted by molar-refractivity contribution is 0.107. The number of benzene rings is 1. The van der Waals surface area contributed by atoms with E-state index in [9.17, 15) is 0 Å². The molecule has 0 aliphatic heterocycles. The van der Waals surface area contributed by atoms with Crippen molar-refractivity contribution in [2.45, 2.75) is 33.4 Å². The average Bonchev–Trinajstić information content (AvgIpc) is 2.46. The molecule has 0 spiro atoms. The van der Waals surface area contributed by atoms with E-state index in [4.69, 9.17) is 14.2 Å². The zero-order valence-corrected chi connectivity index (χ0v) is 13.2. The zero-order chi connectivity index (χ0) is 15.0. The molecule has 0 aliphatic carbocycles. The van der Waals surface area contributed by atoms with Crippen LogP contribution in [-0.4, -0.2) is 33.5 Å². The number of ether oxygens (including phenoxy) is 3. The predicted octanol–water partition coefficient (Wildman–Crippen LogP) is 2.85. The van der Waals surface area contributed by atoms with Crippen LogP contribution in [0.5, 0.6) is 11.5 Å². The Morgan fingerprint density at radius 1 is 1.15 bits per heavy atom. The van der Waals surface area contributed by atoms with E-state index in [1.165, 1.54) is 0 Å². The molecule has 114 valence electrons. The first kappa shape index (κ1) is 16.8. The molecular formula is C16H27NO3. The predicted molar refractivity (Wildman–Crippen MR) is 81.5 cm³/mol. The Balaban J connectivity index is 2.70. The quantitative estimate of drug-likeness (QED) is 0.755. The lowest BCUT2D eigenvalue weighted by Gasteiger charge is -2.23. The monoisotopic (exact) mass is 281 g/mol. The van der Waals surface area contributed by atoms with Crippen LogP contribution in [0.25, 0.3) is 0 Å². The lowest BCUT2D eigenvalue weighted by atomic mass is 10.0. The second kappa shape index (κ2) is 8.82. The van der Waals surface area contributed by atoms with Gasteiger partial charge in [0, 0.05) is 24.8 Å². The van der Waals surface area contributed by atoms with Gasteiger partial charge in [-0.15, -0.1) is 0 Å². The lowest BCUT2D eigenvalue weighted by Crippen LogP contribution is -2.37. The Morgan fingerprint density at radius 3 is 2.45 bits per heavy atom. The minimum absolute atomic E-state index is 0.325. The zero-order valence-electron chi connectivity index (χ0n) is 13.2. The molecule has 1 rings (SSSR count). The van der Waals surface area contributed by atoms with Crippen molar-refractivity contribution < 1.29 is 14.2 Å². The summed E-state index contributed by atoms with van der Waals surface area (Å²) in [5.74, 6) is 2.23. The van der Waals surface area contributed by atoms with E-state index >= 15 is 0 Å². The summed E-state index contributed by atoms with van der Waals surface area (Å²) in [5, 5.41) is 3.54. The molecule has 0 bridgehead atoms. The Kier molecular flexibility index (Phi) is 7.41. The van der Waals surface area contributed by atoms with Gasteiger partial charge in [-0.25, -0.2) is 0 Å². The molecule has 0 amide bonds. The van der Waals surface area contributed by atoms with Gasteiger partial charge in [0.25, 0.3) is 0 Å². The molecule has 4 nitrogen and oxygen atoms in total. The van der Waals surface area contributed by atoms with Crippen molar-refractivity contribution in [3.05, 3.63) is 23.8 Å².